The molecule has 7 heteroatoms. The van der Waals surface area contributed by atoms with Crippen molar-refractivity contribution in [2.75, 3.05) is 6.54 Å². The van der Waals surface area contributed by atoms with E-state index < -0.39 is 0 Å². The summed E-state index contributed by atoms with van der Waals surface area (Å²) in [5, 5.41) is 3.57. The van der Waals surface area contributed by atoms with E-state index in [0.717, 1.165) is 43.3 Å². The molecule has 0 fully saturated rings. The molecule has 2 aromatic heterocycles. The molecule has 150 valence electrons. The van der Waals surface area contributed by atoms with Gasteiger partial charge in [-0.2, -0.15) is 0 Å². The molecule has 0 spiro atoms. The number of aromatic nitrogens is 4. The van der Waals surface area contributed by atoms with Crippen molar-refractivity contribution in [3.63, 3.8) is 0 Å². The summed E-state index contributed by atoms with van der Waals surface area (Å²) in [6.07, 6.45) is 5.81. The van der Waals surface area contributed by atoms with Crippen molar-refractivity contribution in [3.05, 3.63) is 63.1 Å². The number of nitrogens with zero attached hydrogens (tertiary/aromatic N) is 4. The van der Waals surface area contributed by atoms with Crippen molar-refractivity contribution in [2.24, 2.45) is 14.1 Å². The number of benzene rings is 1. The molecule has 0 bridgehead atoms. The Bertz CT molecular complexity index is 1030. The van der Waals surface area contributed by atoms with Crippen molar-refractivity contribution in [1.82, 2.24) is 24.0 Å². The van der Waals surface area contributed by atoms with Gasteiger partial charge in [-0.05, 0) is 38.3 Å². The Morgan fingerprint density at radius 2 is 1.79 bits per heavy atom. The van der Waals surface area contributed by atoms with Gasteiger partial charge in [0.25, 0.3) is 5.56 Å². The molecule has 3 aromatic rings. The monoisotopic (exact) mass is 383 g/mol. The predicted molar refractivity (Wildman–Crippen MR) is 112 cm³/mol. The van der Waals surface area contributed by atoms with Gasteiger partial charge >= 0.3 is 5.69 Å². The molecule has 0 aliphatic heterocycles. The molecule has 0 aliphatic carbocycles. The van der Waals surface area contributed by atoms with Crippen LogP contribution in [0.25, 0.3) is 11.2 Å². The van der Waals surface area contributed by atoms with E-state index in [2.05, 4.69) is 41.5 Å². The minimum Gasteiger partial charge on any atom is -0.325 e. The summed E-state index contributed by atoms with van der Waals surface area (Å²) in [5.74, 6) is 0. The van der Waals surface area contributed by atoms with Gasteiger partial charge in [0.2, 0.25) is 0 Å². The van der Waals surface area contributed by atoms with Crippen molar-refractivity contribution in [3.8, 4) is 0 Å². The highest BCUT2D eigenvalue weighted by molar-refractivity contribution is 5.69. The number of imidazole rings is 1. The predicted octanol–water partition coefficient (Wildman–Crippen LogP) is 1.82. The highest BCUT2D eigenvalue weighted by Crippen LogP contribution is 2.08. The van der Waals surface area contributed by atoms with Crippen LogP contribution in [-0.4, -0.2) is 31.3 Å². The number of unbranched alkanes of at least 4 members (excludes halogenated alkanes) is 2. The summed E-state index contributed by atoms with van der Waals surface area (Å²) in [6, 6.07) is 11.0. The van der Waals surface area contributed by atoms with E-state index in [9.17, 15) is 9.59 Å². The highest BCUT2D eigenvalue weighted by Gasteiger charge is 2.13. The molecule has 3 rings (SSSR count). The zero-order valence-electron chi connectivity index (χ0n) is 16.9. The SMILES string of the molecule is CC(Cc1ccccc1)NCCCCCn1cnc2c1c(=O)n(C)c(=O)n2C. The van der Waals surface area contributed by atoms with E-state index in [1.807, 2.05) is 10.6 Å². The lowest BCUT2D eigenvalue weighted by molar-refractivity contribution is 0.508. The first-order chi connectivity index (χ1) is 13.5. The number of fused-ring (bicyclic) bond motifs is 1. The summed E-state index contributed by atoms with van der Waals surface area (Å²) in [4.78, 5) is 28.7. The highest BCUT2D eigenvalue weighted by atomic mass is 16.2. The van der Waals surface area contributed by atoms with Crippen LogP contribution in [0.2, 0.25) is 0 Å². The minimum absolute atomic E-state index is 0.285. The largest absolute Gasteiger partial charge is 0.332 e. The number of nitrogens with one attached hydrogen (secondary N) is 1. The summed E-state index contributed by atoms with van der Waals surface area (Å²) >= 11 is 0. The van der Waals surface area contributed by atoms with Gasteiger partial charge in [-0.3, -0.25) is 13.9 Å². The van der Waals surface area contributed by atoms with Gasteiger partial charge in [-0.15, -0.1) is 0 Å². The lowest BCUT2D eigenvalue weighted by Crippen LogP contribution is -2.37. The second-order valence-electron chi connectivity index (χ2n) is 7.42. The standard InChI is InChI=1S/C21H29N5O2/c1-16(14-17-10-6-4-7-11-17)22-12-8-5-9-13-26-15-23-19-18(26)20(27)25(3)21(28)24(19)2/h4,6-7,10-11,15-16,22H,5,8-9,12-14H2,1-3H3. The lowest BCUT2D eigenvalue weighted by atomic mass is 10.1. The second-order valence-corrected chi connectivity index (χ2v) is 7.42. The molecule has 1 N–H and O–H groups in total. The number of hydrogen-bond donors (Lipinski definition) is 1. The zero-order valence-corrected chi connectivity index (χ0v) is 16.9. The van der Waals surface area contributed by atoms with E-state index in [1.54, 1.807) is 13.4 Å². The fourth-order valence-corrected chi connectivity index (χ4v) is 3.54. The number of hydrogen-bond acceptors (Lipinski definition) is 4. The summed E-state index contributed by atoms with van der Waals surface area (Å²) in [5.41, 5.74) is 1.67. The minimum atomic E-state index is -0.349. The molecule has 1 atom stereocenters. The molecule has 1 unspecified atom stereocenters. The van der Waals surface area contributed by atoms with Gasteiger partial charge in [0.1, 0.15) is 0 Å². The third kappa shape index (κ3) is 4.42. The normalized spacial score (nSPS) is 12.5. The molecule has 28 heavy (non-hydrogen) atoms. The molecule has 7 nitrogen and oxygen atoms in total. The van der Waals surface area contributed by atoms with Gasteiger partial charge < -0.3 is 9.88 Å². The van der Waals surface area contributed by atoms with Gasteiger partial charge in [0.15, 0.2) is 11.2 Å². The van der Waals surface area contributed by atoms with Crippen LogP contribution in [0.15, 0.2) is 46.2 Å². The Morgan fingerprint density at radius 3 is 2.54 bits per heavy atom. The topological polar surface area (TPSA) is 73.8 Å². The fraction of sp³-hybridized carbons (Fsp3) is 0.476. The van der Waals surface area contributed by atoms with Gasteiger partial charge in [0, 0.05) is 26.7 Å². The van der Waals surface area contributed by atoms with Crippen LogP contribution >= 0.6 is 0 Å². The maximum Gasteiger partial charge on any atom is 0.332 e. The van der Waals surface area contributed by atoms with Crippen LogP contribution in [0, 0.1) is 0 Å². The first-order valence-corrected chi connectivity index (χ1v) is 9.87. The van der Waals surface area contributed by atoms with Gasteiger partial charge in [0.05, 0.1) is 6.33 Å². The van der Waals surface area contributed by atoms with E-state index >= 15 is 0 Å². The maximum absolute atomic E-state index is 12.4. The van der Waals surface area contributed by atoms with Crippen molar-refractivity contribution >= 4 is 11.2 Å². The molecule has 0 amide bonds. The average molecular weight is 383 g/mol. The van der Waals surface area contributed by atoms with Crippen LogP contribution in [0.1, 0.15) is 31.7 Å². The molecular weight excluding hydrogens is 354 g/mol. The summed E-state index contributed by atoms with van der Waals surface area (Å²) in [7, 11) is 3.15. The quantitative estimate of drug-likeness (QED) is 0.572. The van der Waals surface area contributed by atoms with Crippen LogP contribution < -0.4 is 16.6 Å². The summed E-state index contributed by atoms with van der Waals surface area (Å²) < 4.78 is 4.42. The summed E-state index contributed by atoms with van der Waals surface area (Å²) in [6.45, 7) is 3.92. The van der Waals surface area contributed by atoms with Crippen LogP contribution in [0.4, 0.5) is 0 Å². The van der Waals surface area contributed by atoms with E-state index in [1.165, 1.54) is 17.2 Å². The third-order valence-electron chi connectivity index (χ3n) is 5.17. The Hall–Kier alpha value is -2.67. The maximum atomic E-state index is 12.4. The van der Waals surface area contributed by atoms with Gasteiger partial charge in [-0.25, -0.2) is 9.78 Å². The van der Waals surface area contributed by atoms with Crippen LogP contribution in [-0.2, 0) is 27.1 Å². The van der Waals surface area contributed by atoms with Crippen LogP contribution in [0.5, 0.6) is 0 Å². The fourth-order valence-electron chi connectivity index (χ4n) is 3.54. The molecule has 0 saturated carbocycles. The van der Waals surface area contributed by atoms with Crippen LogP contribution in [0.3, 0.4) is 0 Å². The zero-order chi connectivity index (χ0) is 20.1. The Balaban J connectivity index is 1.46. The average Bonchev–Trinajstić information content (AvgIpc) is 3.12. The van der Waals surface area contributed by atoms with Crippen molar-refractivity contribution in [2.45, 2.75) is 45.2 Å². The Labute approximate surface area is 164 Å². The Morgan fingerprint density at radius 1 is 1.04 bits per heavy atom. The first kappa shape index (κ1) is 20.1. The molecular formula is C21H29N5O2. The molecule has 0 aliphatic rings. The first-order valence-electron chi connectivity index (χ1n) is 9.87. The molecule has 2 heterocycles. The van der Waals surface area contributed by atoms with Crippen molar-refractivity contribution in [1.29, 1.82) is 0 Å². The third-order valence-corrected chi connectivity index (χ3v) is 5.17. The van der Waals surface area contributed by atoms with Gasteiger partial charge in [-0.1, -0.05) is 36.8 Å². The molecule has 0 radical (unpaired) electrons. The number of rotatable bonds is 9. The Kier molecular flexibility index (Phi) is 6.46. The van der Waals surface area contributed by atoms with E-state index in [4.69, 9.17) is 0 Å². The lowest BCUT2D eigenvalue weighted by Gasteiger charge is -2.14. The second kappa shape index (κ2) is 9.01. The number of aryl methyl sites for hydroxylation is 2. The van der Waals surface area contributed by atoms with E-state index in [0.29, 0.717) is 17.2 Å². The van der Waals surface area contributed by atoms with E-state index in [-0.39, 0.29) is 11.2 Å². The smallest absolute Gasteiger partial charge is 0.325 e. The molecule has 1 aromatic carbocycles. The van der Waals surface area contributed by atoms with Crippen molar-refractivity contribution < 1.29 is 0 Å². The molecule has 0 saturated heterocycles.